The van der Waals surface area contributed by atoms with E-state index in [9.17, 15) is 14.7 Å². The van der Waals surface area contributed by atoms with Crippen molar-refractivity contribution in [3.63, 3.8) is 0 Å². The lowest BCUT2D eigenvalue weighted by atomic mass is 10.0. The average Bonchev–Trinajstić information content (AvgIpc) is 2.94. The minimum atomic E-state index is -0.383. The first-order valence-electron chi connectivity index (χ1n) is 12.0. The number of nitrogens with zero attached hydrogens (tertiary/aromatic N) is 3. The molecule has 0 fully saturated rings. The van der Waals surface area contributed by atoms with Crippen molar-refractivity contribution in [2.24, 2.45) is 5.10 Å². The van der Waals surface area contributed by atoms with Gasteiger partial charge in [-0.25, -0.2) is 10.4 Å². The van der Waals surface area contributed by atoms with E-state index in [4.69, 9.17) is 4.74 Å². The van der Waals surface area contributed by atoms with Crippen LogP contribution in [0.15, 0.2) is 100.0 Å². The van der Waals surface area contributed by atoms with Crippen molar-refractivity contribution in [1.82, 2.24) is 15.0 Å². The Bertz CT molecular complexity index is 1710. The molecule has 5 aromatic rings. The second kappa shape index (κ2) is 11.2. The lowest BCUT2D eigenvalue weighted by Gasteiger charge is -2.13. The van der Waals surface area contributed by atoms with Crippen molar-refractivity contribution in [3.8, 4) is 17.2 Å². The van der Waals surface area contributed by atoms with Crippen LogP contribution in [0.5, 0.6) is 11.5 Å². The fraction of sp³-hybridized carbons (Fsp3) is 0.103. The molecule has 2 N–H and O–H groups in total. The third-order valence-electron chi connectivity index (χ3n) is 5.81. The Kier molecular flexibility index (Phi) is 7.37. The van der Waals surface area contributed by atoms with Crippen LogP contribution < -0.4 is 15.7 Å². The summed E-state index contributed by atoms with van der Waals surface area (Å²) in [4.78, 5) is 30.7. The van der Waals surface area contributed by atoms with E-state index in [2.05, 4.69) is 15.5 Å². The smallest absolute Gasteiger partial charge is 0.266 e. The number of thioether (sulfide) groups is 1. The number of fused-ring (bicyclic) bond motifs is 2. The van der Waals surface area contributed by atoms with Gasteiger partial charge in [0.1, 0.15) is 11.5 Å². The molecule has 0 radical (unpaired) electrons. The van der Waals surface area contributed by atoms with Gasteiger partial charge in [-0.1, -0.05) is 54.2 Å². The number of carbonyl (C=O) groups is 1. The first kappa shape index (κ1) is 25.0. The van der Waals surface area contributed by atoms with Gasteiger partial charge in [0, 0.05) is 5.56 Å². The number of carbonyl (C=O) groups excluding carboxylic acids is 1. The summed E-state index contributed by atoms with van der Waals surface area (Å²) in [6.45, 7) is 2.44. The highest BCUT2D eigenvalue weighted by atomic mass is 32.2. The van der Waals surface area contributed by atoms with Crippen LogP contribution in [0.25, 0.3) is 27.4 Å². The van der Waals surface area contributed by atoms with Crippen LogP contribution in [0.3, 0.4) is 0 Å². The van der Waals surface area contributed by atoms with Crippen LogP contribution in [0, 0.1) is 0 Å². The number of aromatic hydroxyl groups is 1. The van der Waals surface area contributed by atoms with Gasteiger partial charge in [0.2, 0.25) is 0 Å². The number of nitrogens with one attached hydrogen (secondary N) is 1. The fourth-order valence-electron chi connectivity index (χ4n) is 4.05. The zero-order valence-electron chi connectivity index (χ0n) is 20.5. The molecular formula is C29H24N4O4S. The van der Waals surface area contributed by atoms with E-state index in [0.717, 1.165) is 22.5 Å². The molecule has 1 aromatic heterocycles. The number of hydrogen-bond donors (Lipinski definition) is 2. The topological polar surface area (TPSA) is 106 Å². The maximum atomic E-state index is 13.4. The molecule has 0 saturated heterocycles. The third kappa shape index (κ3) is 5.23. The normalized spacial score (nSPS) is 11.3. The first-order chi connectivity index (χ1) is 18.5. The number of phenolic OH excluding ortho intramolecular Hbond substituents is 1. The molecule has 0 aliphatic rings. The van der Waals surface area contributed by atoms with Crippen LogP contribution in [0.2, 0.25) is 0 Å². The molecule has 0 atom stereocenters. The van der Waals surface area contributed by atoms with E-state index in [1.165, 1.54) is 10.8 Å². The molecule has 0 spiro atoms. The van der Waals surface area contributed by atoms with Crippen molar-refractivity contribution in [1.29, 1.82) is 0 Å². The first-order valence-corrected chi connectivity index (χ1v) is 12.9. The van der Waals surface area contributed by atoms with Gasteiger partial charge in [0.15, 0.2) is 5.16 Å². The third-order valence-corrected chi connectivity index (χ3v) is 6.75. The zero-order chi connectivity index (χ0) is 26.5. The molecule has 0 unspecified atom stereocenters. The monoisotopic (exact) mass is 524 g/mol. The maximum absolute atomic E-state index is 13.4. The van der Waals surface area contributed by atoms with Crippen LogP contribution in [-0.4, -0.2) is 39.1 Å². The van der Waals surface area contributed by atoms with Crippen LogP contribution in [-0.2, 0) is 4.79 Å². The van der Waals surface area contributed by atoms with Crippen LogP contribution in [0.1, 0.15) is 12.5 Å². The summed E-state index contributed by atoms with van der Waals surface area (Å²) in [5.74, 6) is 0.352. The molecule has 38 heavy (non-hydrogen) atoms. The van der Waals surface area contributed by atoms with E-state index < -0.39 is 0 Å². The Balaban J connectivity index is 1.37. The van der Waals surface area contributed by atoms with Gasteiger partial charge in [0.25, 0.3) is 11.5 Å². The Labute approximate surface area is 222 Å². The summed E-state index contributed by atoms with van der Waals surface area (Å²) >= 11 is 1.13. The predicted molar refractivity (Wildman–Crippen MR) is 151 cm³/mol. The molecule has 190 valence electrons. The predicted octanol–water partition coefficient (Wildman–Crippen LogP) is 4.89. The largest absolute Gasteiger partial charge is 0.507 e. The fourth-order valence-corrected chi connectivity index (χ4v) is 4.85. The molecule has 9 heteroatoms. The van der Waals surface area contributed by atoms with Gasteiger partial charge in [-0.2, -0.15) is 5.10 Å². The summed E-state index contributed by atoms with van der Waals surface area (Å²) < 4.78 is 7.01. The number of benzene rings is 4. The number of amides is 1. The Hall–Kier alpha value is -4.63. The molecule has 1 heterocycles. The number of hydrazone groups is 1. The standard InChI is InChI=1S/C29H24N4O4S/c1-2-37-21-14-12-20(13-15-21)33-28(36)23-9-5-6-10-25(23)31-29(33)38-18-27(35)32-30-17-24-22-8-4-3-7-19(22)11-16-26(24)34/h3-17,34H,2,18H2,1H3,(H,32,35). The average molecular weight is 525 g/mol. The number of para-hydroxylation sites is 1. The van der Waals surface area contributed by atoms with E-state index in [0.29, 0.717) is 39.7 Å². The van der Waals surface area contributed by atoms with Gasteiger partial charge in [0.05, 0.1) is 35.2 Å². The Morgan fingerprint density at radius 3 is 2.55 bits per heavy atom. The molecule has 8 nitrogen and oxygen atoms in total. The molecule has 5 rings (SSSR count). The Morgan fingerprint density at radius 1 is 1.03 bits per heavy atom. The molecule has 0 aliphatic carbocycles. The van der Waals surface area contributed by atoms with E-state index in [1.807, 2.05) is 43.3 Å². The lowest BCUT2D eigenvalue weighted by molar-refractivity contribution is -0.118. The highest BCUT2D eigenvalue weighted by molar-refractivity contribution is 7.99. The van der Waals surface area contributed by atoms with Crippen LogP contribution in [0.4, 0.5) is 0 Å². The van der Waals surface area contributed by atoms with E-state index >= 15 is 0 Å². The number of hydrogen-bond acceptors (Lipinski definition) is 7. The zero-order valence-corrected chi connectivity index (χ0v) is 21.3. The summed E-state index contributed by atoms with van der Waals surface area (Å²) in [7, 11) is 0. The van der Waals surface area contributed by atoms with Gasteiger partial charge in [-0.05, 0) is 60.2 Å². The van der Waals surface area contributed by atoms with Gasteiger partial charge >= 0.3 is 0 Å². The summed E-state index contributed by atoms with van der Waals surface area (Å²) in [5.41, 5.74) is 3.94. The minimum Gasteiger partial charge on any atom is -0.507 e. The summed E-state index contributed by atoms with van der Waals surface area (Å²) in [6, 6.07) is 25.3. The van der Waals surface area contributed by atoms with E-state index in [1.54, 1.807) is 48.5 Å². The molecule has 4 aromatic carbocycles. The van der Waals surface area contributed by atoms with Crippen molar-refractivity contribution < 1.29 is 14.6 Å². The number of rotatable bonds is 8. The maximum Gasteiger partial charge on any atom is 0.266 e. The molecule has 0 aliphatic heterocycles. The highest BCUT2D eigenvalue weighted by Gasteiger charge is 2.15. The molecular weight excluding hydrogens is 500 g/mol. The summed E-state index contributed by atoms with van der Waals surface area (Å²) in [6.07, 6.45) is 1.42. The second-order valence-electron chi connectivity index (χ2n) is 8.28. The SMILES string of the molecule is CCOc1ccc(-n2c(SCC(=O)NN=Cc3c(O)ccc4ccccc34)nc3ccccc3c2=O)cc1. The highest BCUT2D eigenvalue weighted by Crippen LogP contribution is 2.26. The second-order valence-corrected chi connectivity index (χ2v) is 9.22. The quantitative estimate of drug-likeness (QED) is 0.130. The van der Waals surface area contributed by atoms with Crippen molar-refractivity contribution >= 4 is 45.6 Å². The van der Waals surface area contributed by atoms with Gasteiger partial charge in [-0.15, -0.1) is 0 Å². The van der Waals surface area contributed by atoms with E-state index in [-0.39, 0.29) is 23.0 Å². The van der Waals surface area contributed by atoms with Crippen molar-refractivity contribution in [3.05, 3.63) is 101 Å². The lowest BCUT2D eigenvalue weighted by Crippen LogP contribution is -2.24. The Morgan fingerprint density at radius 2 is 1.76 bits per heavy atom. The summed E-state index contributed by atoms with van der Waals surface area (Å²) in [5, 5.41) is 16.9. The van der Waals surface area contributed by atoms with Crippen molar-refractivity contribution in [2.75, 3.05) is 12.4 Å². The van der Waals surface area contributed by atoms with Crippen molar-refractivity contribution in [2.45, 2.75) is 12.1 Å². The van der Waals surface area contributed by atoms with Gasteiger partial charge < -0.3 is 9.84 Å². The number of aromatic nitrogens is 2. The molecule has 1 amide bonds. The minimum absolute atomic E-state index is 0.0271. The number of phenols is 1. The molecule has 0 saturated carbocycles. The van der Waals surface area contributed by atoms with Crippen LogP contribution >= 0.6 is 11.8 Å². The molecule has 0 bridgehead atoms. The number of ether oxygens (including phenoxy) is 1. The van der Waals surface area contributed by atoms with Gasteiger partial charge in [-0.3, -0.25) is 14.2 Å².